The largest absolute Gasteiger partial charge is 0.490 e. The lowest BCUT2D eigenvalue weighted by Gasteiger charge is -2.17. The molecular formula is C26H24N2O5. The first-order chi connectivity index (χ1) is 16.1. The Hall–Kier alpha value is -4.00. The number of carbonyl (C=O) groups excluding carboxylic acids is 2. The van der Waals surface area contributed by atoms with Gasteiger partial charge in [0.1, 0.15) is 6.54 Å². The van der Waals surface area contributed by atoms with Crippen LogP contribution in [0.5, 0.6) is 11.5 Å². The molecule has 7 heteroatoms. The third-order valence-electron chi connectivity index (χ3n) is 5.74. The van der Waals surface area contributed by atoms with Gasteiger partial charge in [-0.15, -0.1) is 0 Å². The molecule has 0 radical (unpaired) electrons. The minimum absolute atomic E-state index is 0.0842. The van der Waals surface area contributed by atoms with Gasteiger partial charge < -0.3 is 23.8 Å². The molecule has 1 aliphatic rings. The molecular weight excluding hydrogens is 420 g/mol. The summed E-state index contributed by atoms with van der Waals surface area (Å²) in [5.74, 6) is 1.32. The summed E-state index contributed by atoms with van der Waals surface area (Å²) in [5, 5.41) is 3.82. The van der Waals surface area contributed by atoms with Crippen molar-refractivity contribution in [2.75, 3.05) is 13.2 Å². The van der Waals surface area contributed by atoms with Gasteiger partial charge in [0, 0.05) is 23.5 Å². The van der Waals surface area contributed by atoms with Crippen molar-refractivity contribution in [3.63, 3.8) is 0 Å². The van der Waals surface area contributed by atoms with Crippen molar-refractivity contribution in [1.29, 1.82) is 0 Å². The van der Waals surface area contributed by atoms with Crippen molar-refractivity contribution >= 4 is 22.6 Å². The van der Waals surface area contributed by atoms with E-state index in [2.05, 4.69) is 5.32 Å². The molecule has 0 aliphatic carbocycles. The van der Waals surface area contributed by atoms with E-state index in [-0.39, 0.29) is 30.0 Å². The smallest absolute Gasteiger partial charge is 0.240 e. The third kappa shape index (κ3) is 4.22. The summed E-state index contributed by atoms with van der Waals surface area (Å²) in [4.78, 5) is 25.8. The summed E-state index contributed by atoms with van der Waals surface area (Å²) < 4.78 is 18.5. The number of ether oxygens (including phenoxy) is 2. The number of benzene rings is 2. The molecule has 168 valence electrons. The molecule has 1 atom stereocenters. The number of fused-ring (bicyclic) bond motifs is 2. The first-order valence-electron chi connectivity index (χ1n) is 10.9. The second-order valence-electron chi connectivity index (χ2n) is 8.04. The van der Waals surface area contributed by atoms with Crippen LogP contribution in [-0.4, -0.2) is 29.5 Å². The SMILES string of the molecule is C[C@@H](NC(=O)Cn1cc(C(=O)c2ccco2)c2ccccc21)c1ccc2c(c1)OCCCO2. The van der Waals surface area contributed by atoms with Gasteiger partial charge >= 0.3 is 0 Å². The van der Waals surface area contributed by atoms with E-state index in [9.17, 15) is 9.59 Å². The van der Waals surface area contributed by atoms with E-state index in [0.29, 0.717) is 24.5 Å². The van der Waals surface area contributed by atoms with E-state index in [1.165, 1.54) is 6.26 Å². The summed E-state index contributed by atoms with van der Waals surface area (Å²) in [6.07, 6.45) is 4.03. The number of amides is 1. The van der Waals surface area contributed by atoms with Crippen molar-refractivity contribution in [2.24, 2.45) is 0 Å². The predicted octanol–water partition coefficient (Wildman–Crippen LogP) is 4.50. The number of ketones is 1. The Morgan fingerprint density at radius 2 is 1.85 bits per heavy atom. The molecule has 0 saturated carbocycles. The number of furan rings is 1. The zero-order valence-electron chi connectivity index (χ0n) is 18.2. The van der Waals surface area contributed by atoms with Gasteiger partial charge in [-0.1, -0.05) is 24.3 Å². The molecule has 2 aromatic heterocycles. The van der Waals surface area contributed by atoms with Crippen molar-refractivity contribution in [3.8, 4) is 11.5 Å². The van der Waals surface area contributed by atoms with E-state index < -0.39 is 0 Å². The molecule has 33 heavy (non-hydrogen) atoms. The Kier molecular flexibility index (Phi) is 5.60. The highest BCUT2D eigenvalue weighted by atomic mass is 16.5. The lowest BCUT2D eigenvalue weighted by Crippen LogP contribution is -2.30. The molecule has 0 unspecified atom stereocenters. The summed E-state index contributed by atoms with van der Waals surface area (Å²) >= 11 is 0. The van der Waals surface area contributed by atoms with Gasteiger partial charge in [-0.3, -0.25) is 9.59 Å². The van der Waals surface area contributed by atoms with Gasteiger partial charge in [0.2, 0.25) is 11.7 Å². The van der Waals surface area contributed by atoms with Gasteiger partial charge in [-0.05, 0) is 42.8 Å². The van der Waals surface area contributed by atoms with Crippen LogP contribution < -0.4 is 14.8 Å². The molecule has 0 spiro atoms. The first kappa shape index (κ1) is 20.9. The maximum atomic E-state index is 12.9. The average Bonchev–Trinajstić information content (AvgIpc) is 3.41. The fraction of sp³-hybridized carbons (Fsp3) is 0.231. The Balaban J connectivity index is 1.34. The van der Waals surface area contributed by atoms with Gasteiger partial charge in [0.05, 0.1) is 31.1 Å². The van der Waals surface area contributed by atoms with Crippen LogP contribution in [0.25, 0.3) is 10.9 Å². The highest BCUT2D eigenvalue weighted by Gasteiger charge is 2.20. The molecule has 2 aromatic carbocycles. The Morgan fingerprint density at radius 1 is 1.03 bits per heavy atom. The number of para-hydroxylation sites is 1. The topological polar surface area (TPSA) is 82.7 Å². The molecule has 1 amide bonds. The van der Waals surface area contributed by atoms with Crippen LogP contribution in [-0.2, 0) is 11.3 Å². The number of nitrogens with one attached hydrogen (secondary N) is 1. The van der Waals surface area contributed by atoms with Crippen LogP contribution in [0.2, 0.25) is 0 Å². The highest BCUT2D eigenvalue weighted by Crippen LogP contribution is 2.32. The van der Waals surface area contributed by atoms with E-state index in [4.69, 9.17) is 13.9 Å². The first-order valence-corrected chi connectivity index (χ1v) is 10.9. The average molecular weight is 444 g/mol. The van der Waals surface area contributed by atoms with E-state index in [1.807, 2.05) is 49.4 Å². The molecule has 3 heterocycles. The molecule has 1 aliphatic heterocycles. The minimum atomic E-state index is -0.222. The van der Waals surface area contributed by atoms with Crippen molar-refractivity contribution in [2.45, 2.75) is 25.9 Å². The fourth-order valence-corrected chi connectivity index (χ4v) is 4.07. The van der Waals surface area contributed by atoms with Crippen LogP contribution in [0.3, 0.4) is 0 Å². The van der Waals surface area contributed by atoms with Gasteiger partial charge in [0.15, 0.2) is 17.3 Å². The number of hydrogen-bond donors (Lipinski definition) is 1. The van der Waals surface area contributed by atoms with Crippen molar-refractivity contribution in [1.82, 2.24) is 9.88 Å². The maximum Gasteiger partial charge on any atom is 0.240 e. The Labute approximate surface area is 190 Å². The zero-order chi connectivity index (χ0) is 22.8. The van der Waals surface area contributed by atoms with E-state index in [1.54, 1.807) is 22.9 Å². The zero-order valence-corrected chi connectivity index (χ0v) is 18.2. The lowest BCUT2D eigenvalue weighted by molar-refractivity contribution is -0.122. The molecule has 5 rings (SSSR count). The van der Waals surface area contributed by atoms with Crippen LogP contribution in [0, 0.1) is 0 Å². The van der Waals surface area contributed by atoms with Crippen LogP contribution in [0.15, 0.2) is 71.5 Å². The van der Waals surface area contributed by atoms with E-state index >= 15 is 0 Å². The quantitative estimate of drug-likeness (QED) is 0.443. The predicted molar refractivity (Wildman–Crippen MR) is 123 cm³/mol. The number of nitrogens with zero attached hydrogens (tertiary/aromatic N) is 1. The van der Waals surface area contributed by atoms with Crippen LogP contribution >= 0.6 is 0 Å². The molecule has 1 N–H and O–H groups in total. The summed E-state index contributed by atoms with van der Waals surface area (Å²) in [6, 6.07) is 16.4. The standard InChI is InChI=1S/C26H24N2O5/c1-17(18-9-10-22-24(14-18)33-13-5-12-31-22)27-25(29)16-28-15-20(19-6-2-3-7-21(19)28)26(30)23-8-4-11-32-23/h2-4,6-11,14-15,17H,5,12-13,16H2,1H3,(H,27,29)/t17-/m1/s1. The summed E-state index contributed by atoms with van der Waals surface area (Å²) in [6.45, 7) is 3.25. The van der Waals surface area contributed by atoms with Gasteiger partial charge in [0.25, 0.3) is 0 Å². The van der Waals surface area contributed by atoms with Crippen molar-refractivity contribution in [3.05, 3.63) is 83.9 Å². The number of aromatic nitrogens is 1. The number of rotatable bonds is 6. The Bertz CT molecular complexity index is 1310. The number of carbonyl (C=O) groups is 2. The normalized spacial score (nSPS) is 14.0. The second-order valence-corrected chi connectivity index (χ2v) is 8.04. The molecule has 0 fully saturated rings. The van der Waals surface area contributed by atoms with Gasteiger partial charge in [-0.25, -0.2) is 0 Å². The maximum absolute atomic E-state index is 12.9. The third-order valence-corrected chi connectivity index (χ3v) is 5.74. The summed E-state index contributed by atoms with van der Waals surface area (Å²) in [7, 11) is 0. The Morgan fingerprint density at radius 3 is 2.67 bits per heavy atom. The molecule has 0 bridgehead atoms. The summed E-state index contributed by atoms with van der Waals surface area (Å²) in [5.41, 5.74) is 2.24. The lowest BCUT2D eigenvalue weighted by atomic mass is 10.1. The highest BCUT2D eigenvalue weighted by molar-refractivity contribution is 6.15. The second kappa shape index (κ2) is 8.86. The molecule has 0 saturated heterocycles. The minimum Gasteiger partial charge on any atom is -0.490 e. The van der Waals surface area contributed by atoms with Crippen LogP contribution in [0.4, 0.5) is 0 Å². The van der Waals surface area contributed by atoms with Crippen LogP contribution in [0.1, 0.15) is 41.1 Å². The van der Waals surface area contributed by atoms with Gasteiger partial charge in [-0.2, -0.15) is 0 Å². The monoisotopic (exact) mass is 444 g/mol. The fourth-order valence-electron chi connectivity index (χ4n) is 4.07. The van der Waals surface area contributed by atoms with Crippen molar-refractivity contribution < 1.29 is 23.5 Å². The molecule has 7 nitrogen and oxygen atoms in total. The van der Waals surface area contributed by atoms with E-state index in [0.717, 1.165) is 28.6 Å². The molecule has 4 aromatic rings. The number of hydrogen-bond acceptors (Lipinski definition) is 5.